The van der Waals surface area contributed by atoms with Gasteiger partial charge < -0.3 is 14.2 Å². The van der Waals surface area contributed by atoms with Gasteiger partial charge in [-0.25, -0.2) is 4.98 Å². The summed E-state index contributed by atoms with van der Waals surface area (Å²) in [5, 5.41) is 0. The third kappa shape index (κ3) is 3.18. The summed E-state index contributed by atoms with van der Waals surface area (Å²) in [7, 11) is 5.56. The number of carbonyl (C=O) groups excluding carboxylic acids is 1. The number of hydrogen-bond donors (Lipinski definition) is 0. The van der Waals surface area contributed by atoms with Crippen LogP contribution in [0.25, 0.3) is 11.0 Å². The van der Waals surface area contributed by atoms with Crippen molar-refractivity contribution in [2.45, 2.75) is 45.6 Å². The van der Waals surface area contributed by atoms with Crippen LogP contribution < -0.4 is 4.74 Å². The molecule has 3 aromatic rings. The molecule has 2 heterocycles. The Labute approximate surface area is 172 Å². The van der Waals surface area contributed by atoms with E-state index in [4.69, 9.17) is 9.72 Å². The van der Waals surface area contributed by atoms with Crippen LogP contribution in [-0.2, 0) is 13.5 Å². The highest BCUT2D eigenvalue weighted by molar-refractivity contribution is 6.01. The molecule has 0 unspecified atom stereocenters. The third-order valence-electron chi connectivity index (χ3n) is 5.98. The average Bonchev–Trinajstić information content (AvgIpc) is 3.00. The summed E-state index contributed by atoms with van der Waals surface area (Å²) >= 11 is 0. The SMILES string of the molecule is Cc1nc2c3c(c(C(=O)N(C)C)cc2n1C)CC[C@@H](c1ccccc1C(C)C)O3. The number of aromatic nitrogens is 2. The Bertz CT molecular complexity index is 1100. The monoisotopic (exact) mass is 391 g/mol. The Kier molecular flexibility index (Phi) is 4.85. The average molecular weight is 392 g/mol. The maximum Gasteiger partial charge on any atom is 0.253 e. The molecular weight excluding hydrogens is 362 g/mol. The Morgan fingerprint density at radius 2 is 2.00 bits per heavy atom. The number of hydrogen-bond acceptors (Lipinski definition) is 3. The van der Waals surface area contributed by atoms with Gasteiger partial charge in [0.1, 0.15) is 17.4 Å². The molecule has 5 nitrogen and oxygen atoms in total. The number of imidazole rings is 1. The Balaban J connectivity index is 1.89. The van der Waals surface area contributed by atoms with E-state index in [-0.39, 0.29) is 12.0 Å². The second-order valence-electron chi connectivity index (χ2n) is 8.45. The second-order valence-corrected chi connectivity index (χ2v) is 8.45. The number of fused-ring (bicyclic) bond motifs is 3. The molecular formula is C24H29N3O2. The highest BCUT2D eigenvalue weighted by Gasteiger charge is 2.31. The van der Waals surface area contributed by atoms with Gasteiger partial charge in [-0.1, -0.05) is 38.1 Å². The zero-order valence-electron chi connectivity index (χ0n) is 18.1. The molecule has 1 aliphatic heterocycles. The van der Waals surface area contributed by atoms with Crippen molar-refractivity contribution in [2.75, 3.05) is 14.1 Å². The van der Waals surface area contributed by atoms with Gasteiger partial charge in [-0.2, -0.15) is 0 Å². The first-order valence-corrected chi connectivity index (χ1v) is 10.3. The molecule has 4 rings (SSSR count). The van der Waals surface area contributed by atoms with Gasteiger partial charge in [-0.15, -0.1) is 0 Å². The highest BCUT2D eigenvalue weighted by Crippen LogP contribution is 2.43. The van der Waals surface area contributed by atoms with Crippen LogP contribution in [0, 0.1) is 6.92 Å². The highest BCUT2D eigenvalue weighted by atomic mass is 16.5. The number of rotatable bonds is 3. The first-order valence-electron chi connectivity index (χ1n) is 10.3. The molecule has 152 valence electrons. The van der Waals surface area contributed by atoms with Crippen molar-refractivity contribution in [3.05, 3.63) is 58.4 Å². The van der Waals surface area contributed by atoms with Crippen LogP contribution in [0.1, 0.15) is 65.2 Å². The van der Waals surface area contributed by atoms with Crippen molar-refractivity contribution < 1.29 is 9.53 Å². The molecule has 0 saturated heterocycles. The van der Waals surface area contributed by atoms with E-state index in [9.17, 15) is 4.79 Å². The fourth-order valence-electron chi connectivity index (χ4n) is 4.28. The Morgan fingerprint density at radius 1 is 1.28 bits per heavy atom. The van der Waals surface area contributed by atoms with Gasteiger partial charge in [-0.05, 0) is 42.9 Å². The predicted molar refractivity (Wildman–Crippen MR) is 116 cm³/mol. The van der Waals surface area contributed by atoms with Crippen LogP contribution in [-0.4, -0.2) is 34.5 Å². The Hall–Kier alpha value is -2.82. The lowest BCUT2D eigenvalue weighted by Gasteiger charge is -2.30. The van der Waals surface area contributed by atoms with Crippen molar-refractivity contribution in [1.82, 2.24) is 14.5 Å². The first-order chi connectivity index (χ1) is 13.8. The minimum Gasteiger partial charge on any atom is -0.483 e. The smallest absolute Gasteiger partial charge is 0.253 e. The maximum atomic E-state index is 12.9. The van der Waals surface area contributed by atoms with Crippen LogP contribution in [0.2, 0.25) is 0 Å². The minimum absolute atomic E-state index is 0.00614. The van der Waals surface area contributed by atoms with Crippen molar-refractivity contribution in [1.29, 1.82) is 0 Å². The summed E-state index contributed by atoms with van der Waals surface area (Å²) in [5.74, 6) is 2.11. The lowest BCUT2D eigenvalue weighted by atomic mass is 9.88. The van der Waals surface area contributed by atoms with Gasteiger partial charge >= 0.3 is 0 Å². The fourth-order valence-corrected chi connectivity index (χ4v) is 4.28. The normalized spacial score (nSPS) is 16.0. The molecule has 0 fully saturated rings. The van der Waals surface area contributed by atoms with Crippen molar-refractivity contribution in [3.8, 4) is 5.75 Å². The van der Waals surface area contributed by atoms with E-state index in [1.54, 1.807) is 19.0 Å². The van der Waals surface area contributed by atoms with E-state index in [0.29, 0.717) is 5.92 Å². The van der Waals surface area contributed by atoms with E-state index < -0.39 is 0 Å². The number of benzene rings is 2. The molecule has 0 spiro atoms. The van der Waals surface area contributed by atoms with Crippen LogP contribution in [0.5, 0.6) is 5.75 Å². The molecule has 0 radical (unpaired) electrons. The second kappa shape index (κ2) is 7.21. The molecule has 0 bridgehead atoms. The van der Waals surface area contributed by atoms with Crippen molar-refractivity contribution in [2.24, 2.45) is 7.05 Å². The number of carbonyl (C=O) groups is 1. The summed E-state index contributed by atoms with van der Waals surface area (Å²) in [6.07, 6.45) is 1.62. The van der Waals surface area contributed by atoms with Gasteiger partial charge in [0.05, 0.1) is 5.52 Å². The van der Waals surface area contributed by atoms with Gasteiger partial charge in [0.25, 0.3) is 5.91 Å². The van der Waals surface area contributed by atoms with Crippen LogP contribution in [0.15, 0.2) is 30.3 Å². The van der Waals surface area contributed by atoms with E-state index in [1.165, 1.54) is 11.1 Å². The van der Waals surface area contributed by atoms with Gasteiger partial charge in [0, 0.05) is 32.3 Å². The molecule has 29 heavy (non-hydrogen) atoms. The summed E-state index contributed by atoms with van der Waals surface area (Å²) < 4.78 is 8.64. The summed E-state index contributed by atoms with van der Waals surface area (Å²) in [4.78, 5) is 19.3. The quantitative estimate of drug-likeness (QED) is 0.646. The van der Waals surface area contributed by atoms with E-state index in [0.717, 1.165) is 46.6 Å². The van der Waals surface area contributed by atoms with Crippen molar-refractivity contribution in [3.63, 3.8) is 0 Å². The molecule has 1 atom stereocenters. The number of aryl methyl sites for hydroxylation is 2. The first kappa shape index (κ1) is 19.5. The molecule has 5 heteroatoms. The van der Waals surface area contributed by atoms with E-state index in [1.807, 2.05) is 24.6 Å². The lowest BCUT2D eigenvalue weighted by molar-refractivity contribution is 0.0823. The summed E-state index contributed by atoms with van der Waals surface area (Å²) in [5.41, 5.74) is 6.03. The molecule has 0 aliphatic carbocycles. The van der Waals surface area contributed by atoms with Crippen LogP contribution >= 0.6 is 0 Å². The molecule has 1 amide bonds. The zero-order valence-corrected chi connectivity index (χ0v) is 18.1. The number of nitrogens with zero attached hydrogens (tertiary/aromatic N) is 3. The largest absolute Gasteiger partial charge is 0.483 e. The maximum absolute atomic E-state index is 12.9. The van der Waals surface area contributed by atoms with Gasteiger partial charge in [-0.3, -0.25) is 4.79 Å². The van der Waals surface area contributed by atoms with Crippen LogP contribution in [0.4, 0.5) is 0 Å². The van der Waals surface area contributed by atoms with Gasteiger partial charge in [0.2, 0.25) is 0 Å². The molecule has 1 aliphatic rings. The van der Waals surface area contributed by atoms with E-state index in [2.05, 4.69) is 38.1 Å². The predicted octanol–water partition coefficient (Wildman–Crippen LogP) is 4.77. The van der Waals surface area contributed by atoms with Gasteiger partial charge in [0.15, 0.2) is 5.75 Å². The fraction of sp³-hybridized carbons (Fsp3) is 0.417. The minimum atomic E-state index is -0.0312. The molecule has 2 aromatic carbocycles. The zero-order chi connectivity index (χ0) is 20.9. The lowest BCUT2D eigenvalue weighted by Crippen LogP contribution is -2.25. The Morgan fingerprint density at radius 3 is 2.69 bits per heavy atom. The van der Waals surface area contributed by atoms with E-state index >= 15 is 0 Å². The molecule has 0 N–H and O–H groups in total. The molecule has 0 saturated carbocycles. The summed E-state index contributed by atoms with van der Waals surface area (Å²) in [6.45, 7) is 6.40. The number of amides is 1. The molecule has 1 aromatic heterocycles. The summed E-state index contributed by atoms with van der Waals surface area (Å²) in [6, 6.07) is 10.5. The topological polar surface area (TPSA) is 47.4 Å². The standard InChI is InChI=1S/C24H29N3O2/c1-14(2)16-9-7-8-10-17(16)21-12-11-18-19(24(28)26(4)5)13-20-22(23(18)29-21)25-15(3)27(20)6/h7-10,13-14,21H,11-12H2,1-6H3/t21-/m0/s1. The third-order valence-corrected chi connectivity index (χ3v) is 5.98. The number of ether oxygens (including phenoxy) is 1. The van der Waals surface area contributed by atoms with Crippen LogP contribution in [0.3, 0.4) is 0 Å². The van der Waals surface area contributed by atoms with Crippen molar-refractivity contribution >= 4 is 16.9 Å².